The summed E-state index contributed by atoms with van der Waals surface area (Å²) in [6.07, 6.45) is 0. The Kier molecular flexibility index (Phi) is 18.0. The van der Waals surface area contributed by atoms with Gasteiger partial charge in [-0.1, -0.05) is 255 Å². The molecule has 0 aliphatic rings. The highest BCUT2D eigenvalue weighted by molar-refractivity contribution is 6.16. The zero-order valence-corrected chi connectivity index (χ0v) is 70.3. The molecule has 0 saturated carbocycles. The third kappa shape index (κ3) is 12.9. The number of benzene rings is 20. The van der Waals surface area contributed by atoms with Gasteiger partial charge in [-0.3, -0.25) is 0 Å². The fourth-order valence-electron chi connectivity index (χ4n) is 19.6. The van der Waals surface area contributed by atoms with Gasteiger partial charge >= 0.3 is 0 Å². The van der Waals surface area contributed by atoms with E-state index in [-0.39, 0.29) is 0 Å². The number of aromatic nitrogens is 2. The van der Waals surface area contributed by atoms with Crippen LogP contribution in [0.15, 0.2) is 491 Å². The van der Waals surface area contributed by atoms with Crippen LogP contribution < -0.4 is 19.6 Å². The quantitative estimate of drug-likeness (QED) is 0.0947. The summed E-state index contributed by atoms with van der Waals surface area (Å²) < 4.78 is 31.0. The minimum atomic E-state index is 0.826. The lowest BCUT2D eigenvalue weighted by Crippen LogP contribution is -2.14. The van der Waals surface area contributed by atoms with Crippen molar-refractivity contribution in [2.75, 3.05) is 19.6 Å². The van der Waals surface area contributed by atoms with Crippen molar-refractivity contribution in [2.45, 2.75) is 0 Å². The highest BCUT2D eigenvalue weighted by Crippen LogP contribution is 2.52. The van der Waals surface area contributed by atoms with Gasteiger partial charge in [0, 0.05) is 133 Å². The number of para-hydroxylation sites is 14. The second-order valence-corrected chi connectivity index (χ2v) is 33.1. The van der Waals surface area contributed by atoms with Crippen LogP contribution in [0.4, 0.5) is 68.2 Å². The van der Waals surface area contributed by atoms with Gasteiger partial charge in [-0.15, -0.1) is 0 Å². The zero-order chi connectivity index (χ0) is 85.7. The number of hydrogen-bond donors (Lipinski definition) is 0. The molecule has 0 fully saturated rings. The summed E-state index contributed by atoms with van der Waals surface area (Å²) in [6.45, 7) is 0. The highest BCUT2D eigenvalue weighted by Gasteiger charge is 2.28. The lowest BCUT2D eigenvalue weighted by molar-refractivity contribution is 0.668. The van der Waals surface area contributed by atoms with E-state index in [1.54, 1.807) is 0 Å². The molecular formula is C120H78N6O4. The van der Waals surface area contributed by atoms with E-state index in [1.165, 1.54) is 32.6 Å². The van der Waals surface area contributed by atoms with Crippen molar-refractivity contribution >= 4 is 200 Å². The molecule has 26 rings (SSSR count). The number of hydrogen-bond acceptors (Lipinski definition) is 8. The number of nitrogens with zero attached hydrogens (tertiary/aromatic N) is 6. The molecule has 0 N–H and O–H groups in total. The van der Waals surface area contributed by atoms with Crippen molar-refractivity contribution in [3.8, 4) is 33.6 Å². The largest absolute Gasteiger partial charge is 0.456 e. The van der Waals surface area contributed by atoms with Crippen LogP contribution in [0, 0.1) is 0 Å². The van der Waals surface area contributed by atoms with Crippen LogP contribution in [0.3, 0.4) is 0 Å². The van der Waals surface area contributed by atoms with Crippen LogP contribution in [-0.2, 0) is 0 Å². The third-order valence-corrected chi connectivity index (χ3v) is 25.4. The summed E-state index contributed by atoms with van der Waals surface area (Å²) in [4.78, 5) is 9.40. The minimum Gasteiger partial charge on any atom is -0.456 e. The van der Waals surface area contributed by atoms with Gasteiger partial charge in [0.15, 0.2) is 11.2 Å². The summed E-state index contributed by atoms with van der Waals surface area (Å²) >= 11 is 0. The molecule has 6 aromatic heterocycles. The van der Waals surface area contributed by atoms with Crippen molar-refractivity contribution in [3.63, 3.8) is 0 Å². The Morgan fingerprint density at radius 2 is 0.431 bits per heavy atom. The minimum absolute atomic E-state index is 0.826. The van der Waals surface area contributed by atoms with Crippen LogP contribution in [-0.4, -0.2) is 9.13 Å². The summed E-state index contributed by atoms with van der Waals surface area (Å²) in [5.41, 5.74) is 30.1. The number of furan rings is 4. The average Bonchev–Trinajstić information content (AvgIpc) is 1.28. The molecule has 26 aromatic rings. The molecule has 10 heteroatoms. The molecule has 6 heterocycles. The molecule has 0 atom stereocenters. The first-order valence-electron chi connectivity index (χ1n) is 44.0. The molecule has 612 valence electrons. The van der Waals surface area contributed by atoms with Crippen LogP contribution in [0.25, 0.3) is 165 Å². The number of fused-ring (bicyclic) bond motifs is 18. The Hall–Kier alpha value is -17.6. The Balaban J connectivity index is 0.000000140. The molecule has 0 amide bonds. The Morgan fingerprint density at radius 1 is 0.146 bits per heavy atom. The maximum atomic E-state index is 6.78. The molecule has 0 bridgehead atoms. The molecule has 130 heavy (non-hydrogen) atoms. The van der Waals surface area contributed by atoms with Crippen molar-refractivity contribution in [1.29, 1.82) is 0 Å². The maximum absolute atomic E-state index is 6.78. The van der Waals surface area contributed by atoms with Gasteiger partial charge in [-0.25, -0.2) is 0 Å². The molecule has 0 aliphatic carbocycles. The van der Waals surface area contributed by atoms with Crippen LogP contribution in [0.1, 0.15) is 0 Å². The molecule has 0 spiro atoms. The second kappa shape index (κ2) is 31.3. The van der Waals surface area contributed by atoms with Crippen LogP contribution >= 0.6 is 0 Å². The van der Waals surface area contributed by atoms with Gasteiger partial charge in [-0.2, -0.15) is 0 Å². The first kappa shape index (κ1) is 75.0. The van der Waals surface area contributed by atoms with Gasteiger partial charge < -0.3 is 46.4 Å². The van der Waals surface area contributed by atoms with E-state index in [9.17, 15) is 0 Å². The van der Waals surface area contributed by atoms with E-state index in [0.717, 1.165) is 201 Å². The topological polar surface area (TPSA) is 75.4 Å². The van der Waals surface area contributed by atoms with Crippen molar-refractivity contribution < 1.29 is 17.7 Å². The number of rotatable bonds is 16. The van der Waals surface area contributed by atoms with Gasteiger partial charge in [-0.05, 0) is 241 Å². The molecule has 0 unspecified atom stereocenters. The summed E-state index contributed by atoms with van der Waals surface area (Å²) in [5.74, 6) is 0. The molecule has 10 nitrogen and oxygen atoms in total. The van der Waals surface area contributed by atoms with Crippen molar-refractivity contribution in [1.82, 2.24) is 9.13 Å². The van der Waals surface area contributed by atoms with E-state index in [4.69, 9.17) is 17.7 Å². The first-order chi connectivity index (χ1) is 64.5. The van der Waals surface area contributed by atoms with Gasteiger partial charge in [0.2, 0.25) is 0 Å². The lowest BCUT2D eigenvalue weighted by Gasteiger charge is -2.30. The Labute approximate surface area is 747 Å². The normalized spacial score (nSPS) is 11.7. The average molecular weight is 1670 g/mol. The van der Waals surface area contributed by atoms with E-state index >= 15 is 0 Å². The molecule has 0 aliphatic heterocycles. The fourth-order valence-corrected chi connectivity index (χ4v) is 19.6. The second-order valence-electron chi connectivity index (χ2n) is 33.1. The summed E-state index contributed by atoms with van der Waals surface area (Å²) in [7, 11) is 0. The predicted octanol–water partition coefficient (Wildman–Crippen LogP) is 34.4. The standard InChI is InChI=1S/2C60H39N3O2/c1-4-18-42(19-5-1)61(55-30-16-27-50-48-25-11-14-32-57(48)64-59(50)55)45-36-41(40-34-35-54-52(38-40)47-24-10-13-29-53(47)63(54)44-22-8-3-9-23-44)37-46(39-45)62(43-20-6-2-7-21-43)56-31-17-28-51-49-26-12-15-33-58(49)65-60(51)56;1-4-16-42(17-5-1)61(45-29-32-59-53(38-45)50-23-11-14-26-57(50)64-59)47-34-41(40-28-31-56-52(36-40)49-22-10-13-25-55(49)63(56)44-20-8-3-9-21-44)35-48(37-47)62(43-18-6-2-7-19-43)46-30-33-60-54(39-46)51-24-12-15-27-58(51)65-60/h2*1-39H. The van der Waals surface area contributed by atoms with Gasteiger partial charge in [0.1, 0.15) is 33.5 Å². The Bertz CT molecular complexity index is 8490. The van der Waals surface area contributed by atoms with Gasteiger partial charge in [0.05, 0.1) is 33.4 Å². The van der Waals surface area contributed by atoms with Crippen molar-refractivity contribution in [3.05, 3.63) is 473 Å². The van der Waals surface area contributed by atoms with E-state index in [0.29, 0.717) is 0 Å². The van der Waals surface area contributed by atoms with E-state index in [2.05, 4.69) is 453 Å². The van der Waals surface area contributed by atoms with E-state index in [1.807, 2.05) is 48.5 Å². The summed E-state index contributed by atoms with van der Waals surface area (Å²) in [5, 5.41) is 13.4. The van der Waals surface area contributed by atoms with Crippen LogP contribution in [0.5, 0.6) is 0 Å². The molecular weight excluding hydrogens is 1590 g/mol. The van der Waals surface area contributed by atoms with E-state index < -0.39 is 0 Å². The van der Waals surface area contributed by atoms with Crippen LogP contribution in [0.2, 0.25) is 0 Å². The smallest absolute Gasteiger partial charge is 0.159 e. The summed E-state index contributed by atoms with van der Waals surface area (Å²) in [6, 6.07) is 168. The first-order valence-corrected chi connectivity index (χ1v) is 44.0. The Morgan fingerprint density at radius 3 is 0.808 bits per heavy atom. The lowest BCUT2D eigenvalue weighted by atomic mass is 9.99. The SMILES string of the molecule is c1ccc(N(c2cc(-c3ccc4c(c3)c3ccccc3n4-c3ccccc3)cc(N(c3ccccc3)c3ccc4oc5ccccc5c4c3)c2)c2ccc3oc4ccccc4c3c2)cc1.c1ccc(N(c2cc(-c3ccc4c(c3)c3ccccc3n4-c3ccccc3)cc(N(c3ccccc3)c3cccc4c3oc3ccccc34)c2)c2cccc3c2oc2ccccc23)cc1. The molecule has 0 saturated heterocycles. The molecule has 20 aromatic carbocycles. The fraction of sp³-hybridized carbons (Fsp3) is 0. The zero-order valence-electron chi connectivity index (χ0n) is 70.3. The highest BCUT2D eigenvalue weighted by atomic mass is 16.3. The van der Waals surface area contributed by atoms with Crippen molar-refractivity contribution in [2.24, 2.45) is 0 Å². The third-order valence-electron chi connectivity index (χ3n) is 25.4. The monoisotopic (exact) mass is 1670 g/mol. The number of anilines is 12. The molecule has 0 radical (unpaired) electrons. The maximum Gasteiger partial charge on any atom is 0.159 e. The van der Waals surface area contributed by atoms with Gasteiger partial charge in [0.25, 0.3) is 0 Å². The predicted molar refractivity (Wildman–Crippen MR) is 540 cm³/mol.